The highest BCUT2D eigenvalue weighted by Crippen LogP contribution is 2.25. The lowest BCUT2D eigenvalue weighted by Crippen LogP contribution is -2.59. The third-order valence-corrected chi connectivity index (χ3v) is 6.87. The van der Waals surface area contributed by atoms with Gasteiger partial charge >= 0.3 is 0 Å². The van der Waals surface area contributed by atoms with Crippen LogP contribution in [0, 0.1) is 0 Å². The van der Waals surface area contributed by atoms with Crippen LogP contribution in [-0.2, 0) is 4.79 Å². The molecule has 2 fully saturated rings. The Morgan fingerprint density at radius 2 is 1.71 bits per heavy atom. The fourth-order valence-electron chi connectivity index (χ4n) is 4.74. The number of amides is 2. The molecule has 2 aliphatic heterocycles. The Morgan fingerprint density at radius 1 is 1.09 bits per heavy atom. The number of amidine groups is 1. The quantitative estimate of drug-likeness (QED) is 0.207. The normalized spacial score (nSPS) is 21.0. The van der Waals surface area contributed by atoms with Crippen molar-refractivity contribution in [2.45, 2.75) is 45.2 Å². The van der Waals surface area contributed by atoms with Crippen LogP contribution in [0.4, 0.5) is 0 Å². The van der Waals surface area contributed by atoms with Crippen LogP contribution in [0.1, 0.15) is 43.5 Å². The number of carbonyl (C=O) groups excluding carboxylic acids is 2. The summed E-state index contributed by atoms with van der Waals surface area (Å²) in [5, 5.41) is 19.6. The van der Waals surface area contributed by atoms with Gasteiger partial charge in [0.1, 0.15) is 11.6 Å². The number of nitrogens with zero attached hydrogens (tertiary/aromatic N) is 4. The molecule has 10 heteroatoms. The zero-order chi connectivity index (χ0) is 25.7. The van der Waals surface area contributed by atoms with Crippen molar-refractivity contribution in [1.82, 2.24) is 14.7 Å². The third-order valence-electron chi connectivity index (χ3n) is 6.87. The first-order valence-electron chi connectivity index (χ1n) is 11.9. The molecule has 10 nitrogen and oxygen atoms in total. The van der Waals surface area contributed by atoms with E-state index in [-0.39, 0.29) is 40.7 Å². The zero-order valence-electron chi connectivity index (χ0n) is 20.5. The second-order valence-corrected chi connectivity index (χ2v) is 9.07. The number of aliphatic hydroxyl groups excluding tert-OH is 1. The molecule has 2 saturated heterocycles. The Hall–Kier alpha value is -3.53. The monoisotopic (exact) mass is 484 g/mol. The summed E-state index contributed by atoms with van der Waals surface area (Å²) >= 11 is 0. The van der Waals surface area contributed by atoms with Crippen molar-refractivity contribution in [2.75, 3.05) is 32.7 Å². The molecule has 190 valence electrons. The molecule has 2 amide bonds. The van der Waals surface area contributed by atoms with Crippen molar-refractivity contribution in [3.8, 4) is 5.75 Å². The highest BCUT2D eigenvalue weighted by atomic mass is 16.3. The summed E-state index contributed by atoms with van der Waals surface area (Å²) in [6.45, 7) is 10.6. The van der Waals surface area contributed by atoms with Crippen LogP contribution in [0.15, 0.2) is 53.0 Å². The van der Waals surface area contributed by atoms with E-state index in [0.717, 1.165) is 25.8 Å². The van der Waals surface area contributed by atoms with Gasteiger partial charge < -0.3 is 31.5 Å². The number of phenolic OH excluding ortho intramolecular Hbond substituents is 1. The van der Waals surface area contributed by atoms with E-state index in [1.54, 1.807) is 12.1 Å². The Balaban J connectivity index is 1.65. The number of aliphatic hydroxyl groups is 1. The van der Waals surface area contributed by atoms with Crippen molar-refractivity contribution in [3.05, 3.63) is 53.6 Å². The van der Waals surface area contributed by atoms with Crippen molar-refractivity contribution < 1.29 is 19.8 Å². The Kier molecular flexibility index (Phi) is 8.39. The number of phenols is 1. The average molecular weight is 485 g/mol. The highest BCUT2D eigenvalue weighted by molar-refractivity contribution is 5.98. The molecule has 0 saturated carbocycles. The van der Waals surface area contributed by atoms with Crippen LogP contribution in [0.25, 0.3) is 0 Å². The third kappa shape index (κ3) is 6.13. The van der Waals surface area contributed by atoms with Gasteiger partial charge in [-0.25, -0.2) is 4.99 Å². The number of hydrogen-bond acceptors (Lipinski definition) is 7. The van der Waals surface area contributed by atoms with E-state index in [9.17, 15) is 19.8 Å². The molecule has 0 bridgehead atoms. The number of hydrogen-bond donors (Lipinski definition) is 4. The first-order valence-corrected chi connectivity index (χ1v) is 11.9. The minimum atomic E-state index is -0.666. The van der Waals surface area contributed by atoms with Gasteiger partial charge in [-0.2, -0.15) is 0 Å². The van der Waals surface area contributed by atoms with Gasteiger partial charge in [0.15, 0.2) is 11.6 Å². The molecule has 0 aliphatic carbocycles. The molecule has 1 aromatic rings. The fourth-order valence-corrected chi connectivity index (χ4v) is 4.74. The molecule has 35 heavy (non-hydrogen) atoms. The number of rotatable bonds is 6. The standard InChI is InChI=1S/C25H36N6O4/c1-4-19-15-30(24(17(3)32)28-22(26)16(2)23(27)34)13-14-31(19)20-9-11-29(12-10-20)25(35)18-5-7-21(33)8-6-18/h5-8,19-20,32-33H,3-4,9-15,26H2,1-2H3,(H2,27,34)/b22-16+,28-24+. The summed E-state index contributed by atoms with van der Waals surface area (Å²) in [5.41, 5.74) is 11.9. The lowest BCUT2D eigenvalue weighted by Gasteiger charge is -2.48. The smallest absolute Gasteiger partial charge is 0.253 e. The van der Waals surface area contributed by atoms with Gasteiger partial charge in [0.25, 0.3) is 5.91 Å². The van der Waals surface area contributed by atoms with Gasteiger partial charge in [-0.05, 0) is 50.5 Å². The molecule has 0 radical (unpaired) electrons. The van der Waals surface area contributed by atoms with E-state index in [4.69, 9.17) is 11.5 Å². The summed E-state index contributed by atoms with van der Waals surface area (Å²) < 4.78 is 0. The number of piperazine rings is 1. The minimum absolute atomic E-state index is 0.0143. The number of piperidine rings is 1. The van der Waals surface area contributed by atoms with Crippen LogP contribution in [0.5, 0.6) is 5.75 Å². The molecule has 1 aromatic carbocycles. The maximum atomic E-state index is 12.8. The van der Waals surface area contributed by atoms with E-state index in [1.807, 2.05) is 9.80 Å². The summed E-state index contributed by atoms with van der Waals surface area (Å²) in [6.07, 6.45) is 2.66. The van der Waals surface area contributed by atoms with Gasteiger partial charge in [0.05, 0.1) is 5.57 Å². The molecular weight excluding hydrogens is 448 g/mol. The van der Waals surface area contributed by atoms with E-state index in [0.29, 0.717) is 37.8 Å². The van der Waals surface area contributed by atoms with Gasteiger partial charge in [-0.15, -0.1) is 0 Å². The van der Waals surface area contributed by atoms with Gasteiger partial charge in [0.2, 0.25) is 5.91 Å². The number of benzene rings is 1. The first kappa shape index (κ1) is 26.1. The molecule has 3 rings (SSSR count). The summed E-state index contributed by atoms with van der Waals surface area (Å²) in [6, 6.07) is 6.94. The van der Waals surface area contributed by atoms with Crippen LogP contribution in [0.3, 0.4) is 0 Å². The van der Waals surface area contributed by atoms with E-state index < -0.39 is 5.91 Å². The van der Waals surface area contributed by atoms with E-state index in [2.05, 4.69) is 23.4 Å². The highest BCUT2D eigenvalue weighted by Gasteiger charge is 2.35. The topological polar surface area (TPSA) is 149 Å². The number of aliphatic imine (C=N–C) groups is 1. The second kappa shape index (κ2) is 11.3. The molecule has 0 aromatic heterocycles. The van der Waals surface area contributed by atoms with Crippen LogP contribution in [-0.4, -0.2) is 87.4 Å². The predicted molar refractivity (Wildman–Crippen MR) is 135 cm³/mol. The summed E-state index contributed by atoms with van der Waals surface area (Å²) in [7, 11) is 0. The molecular formula is C25H36N6O4. The number of primary amides is 1. The molecule has 2 heterocycles. The summed E-state index contributed by atoms with van der Waals surface area (Å²) in [5.74, 6) is -0.543. The Bertz CT molecular complexity index is 1010. The van der Waals surface area contributed by atoms with Gasteiger partial charge in [0, 0.05) is 50.4 Å². The number of aromatic hydroxyl groups is 1. The van der Waals surface area contributed by atoms with Crippen molar-refractivity contribution in [3.63, 3.8) is 0 Å². The van der Waals surface area contributed by atoms with Crippen molar-refractivity contribution >= 4 is 17.6 Å². The van der Waals surface area contributed by atoms with Gasteiger partial charge in [-0.3, -0.25) is 14.5 Å². The van der Waals surface area contributed by atoms with E-state index in [1.165, 1.54) is 19.1 Å². The van der Waals surface area contributed by atoms with Crippen molar-refractivity contribution in [1.29, 1.82) is 0 Å². The average Bonchev–Trinajstić information content (AvgIpc) is 2.86. The van der Waals surface area contributed by atoms with Crippen LogP contribution >= 0.6 is 0 Å². The van der Waals surface area contributed by atoms with Crippen LogP contribution < -0.4 is 11.5 Å². The van der Waals surface area contributed by atoms with Crippen LogP contribution in [0.2, 0.25) is 0 Å². The number of nitrogens with two attached hydrogens (primary N) is 2. The molecule has 2 aliphatic rings. The second-order valence-electron chi connectivity index (χ2n) is 9.07. The maximum absolute atomic E-state index is 12.8. The molecule has 1 atom stereocenters. The molecule has 6 N–H and O–H groups in total. The Morgan fingerprint density at radius 3 is 2.26 bits per heavy atom. The molecule has 0 spiro atoms. The summed E-state index contributed by atoms with van der Waals surface area (Å²) in [4.78, 5) is 34.8. The maximum Gasteiger partial charge on any atom is 0.253 e. The SMILES string of the molecule is C=C(O)/C(=N\C(N)=C(/C)C(N)=O)N1CCN(C2CCN(C(=O)c3ccc(O)cc3)CC2)C(CC)C1. The zero-order valence-corrected chi connectivity index (χ0v) is 20.5. The number of likely N-dealkylation sites (tertiary alicyclic amines) is 1. The lowest BCUT2D eigenvalue weighted by molar-refractivity contribution is -0.114. The minimum Gasteiger partial charge on any atom is -0.508 e. The number of carbonyl (C=O) groups is 2. The fraction of sp³-hybridized carbons (Fsp3) is 0.480. The lowest BCUT2D eigenvalue weighted by atomic mass is 9.97. The van der Waals surface area contributed by atoms with Crippen molar-refractivity contribution in [2.24, 2.45) is 16.5 Å². The molecule has 1 unspecified atom stereocenters. The predicted octanol–water partition coefficient (Wildman–Crippen LogP) is 1.54. The largest absolute Gasteiger partial charge is 0.508 e. The first-order chi connectivity index (χ1) is 16.6. The van der Waals surface area contributed by atoms with E-state index >= 15 is 0 Å². The Labute approximate surface area is 206 Å². The van der Waals surface area contributed by atoms with Gasteiger partial charge in [-0.1, -0.05) is 13.5 Å².